The van der Waals surface area contributed by atoms with Gasteiger partial charge < -0.3 is 27.0 Å². The molecule has 3 amide bonds. The van der Waals surface area contributed by atoms with Crippen molar-refractivity contribution in [3.8, 4) is 5.75 Å². The van der Waals surface area contributed by atoms with Crippen LogP contribution in [0.5, 0.6) is 5.75 Å². The number of phenolic OH excluding ortho intramolecular Hbond substituents is 1. The maximum Gasteiger partial charge on any atom is 0.352 e. The Morgan fingerprint density at radius 1 is 1.29 bits per heavy atom. The van der Waals surface area contributed by atoms with Crippen molar-refractivity contribution in [2.75, 3.05) is 11.5 Å². The third-order valence-corrected chi connectivity index (χ3v) is 7.65. The van der Waals surface area contributed by atoms with Gasteiger partial charge >= 0.3 is 5.97 Å². The number of fused-ring (bicyclic) bond motifs is 1. The summed E-state index contributed by atoms with van der Waals surface area (Å²) in [5.41, 5.74) is 11.9. The van der Waals surface area contributed by atoms with E-state index in [1.54, 1.807) is 0 Å². The second kappa shape index (κ2) is 9.93. The topological polar surface area (TPSA) is 220 Å². The maximum absolute atomic E-state index is 12.8. The standard InChI is InChI=1S/C19H20N8O6S2/c20-11(29)5-26-19(23-24-25-26)35-7-9-6-34-17-13(16(31)27(17)14(9)18(32)33)22-15(30)12(21)8-1-3-10(28)4-2-8/h1-4,12-13,17,28H,5-7,21H2,(H2,20,29)(H,22,30)(H,32,33). The number of primary amides is 1. The summed E-state index contributed by atoms with van der Waals surface area (Å²) in [4.78, 5) is 49.8. The quantitative estimate of drug-likeness (QED) is 0.186. The van der Waals surface area contributed by atoms with Crippen LogP contribution in [-0.4, -0.2) is 81.9 Å². The lowest BCUT2D eigenvalue weighted by atomic mass is 10.0. The van der Waals surface area contributed by atoms with E-state index in [1.165, 1.54) is 40.7 Å². The predicted octanol–water partition coefficient (Wildman–Crippen LogP) is -1.61. The minimum Gasteiger partial charge on any atom is -0.508 e. The molecule has 0 bridgehead atoms. The number of carboxylic acid groups (broad SMARTS) is 1. The van der Waals surface area contributed by atoms with Gasteiger partial charge in [0.05, 0.1) is 0 Å². The number of hydrogen-bond donors (Lipinski definition) is 5. The summed E-state index contributed by atoms with van der Waals surface area (Å²) in [5.74, 6) is -2.60. The minimum atomic E-state index is -1.28. The number of amides is 3. The molecule has 3 atom stereocenters. The number of rotatable bonds is 9. The molecule has 2 aliphatic heterocycles. The summed E-state index contributed by atoms with van der Waals surface area (Å²) in [7, 11) is 0. The number of nitrogens with two attached hydrogens (primary N) is 2. The molecule has 1 aromatic carbocycles. The van der Waals surface area contributed by atoms with Gasteiger partial charge in [0.25, 0.3) is 5.91 Å². The molecule has 16 heteroatoms. The highest BCUT2D eigenvalue weighted by Gasteiger charge is 2.54. The van der Waals surface area contributed by atoms with Crippen LogP contribution in [0, 0.1) is 0 Å². The lowest BCUT2D eigenvalue weighted by Crippen LogP contribution is -2.71. The van der Waals surface area contributed by atoms with Crippen molar-refractivity contribution in [1.29, 1.82) is 0 Å². The van der Waals surface area contributed by atoms with Gasteiger partial charge in [-0.05, 0) is 33.7 Å². The van der Waals surface area contributed by atoms with E-state index in [0.717, 1.165) is 16.7 Å². The van der Waals surface area contributed by atoms with Crippen molar-refractivity contribution in [2.24, 2.45) is 11.5 Å². The van der Waals surface area contributed by atoms with Gasteiger partial charge in [-0.2, -0.15) is 0 Å². The number of benzene rings is 1. The Kier molecular flexibility index (Phi) is 6.95. The van der Waals surface area contributed by atoms with E-state index >= 15 is 0 Å². The zero-order chi connectivity index (χ0) is 25.3. The zero-order valence-electron chi connectivity index (χ0n) is 17.9. The Morgan fingerprint density at radius 2 is 2.00 bits per heavy atom. The molecule has 4 rings (SSSR count). The molecule has 1 saturated heterocycles. The highest BCUT2D eigenvalue weighted by atomic mass is 32.2. The van der Waals surface area contributed by atoms with Gasteiger partial charge in [-0.3, -0.25) is 19.3 Å². The number of nitrogens with zero attached hydrogens (tertiary/aromatic N) is 5. The minimum absolute atomic E-state index is 0.0242. The molecule has 7 N–H and O–H groups in total. The van der Waals surface area contributed by atoms with Crippen molar-refractivity contribution >= 4 is 47.2 Å². The number of carboxylic acids is 1. The van der Waals surface area contributed by atoms with Crippen molar-refractivity contribution in [3.05, 3.63) is 41.1 Å². The first-order valence-electron chi connectivity index (χ1n) is 10.1. The number of β-lactam (4-membered cyclic amide) rings is 1. The Balaban J connectivity index is 1.45. The van der Waals surface area contributed by atoms with E-state index in [0.29, 0.717) is 11.1 Å². The fraction of sp³-hybridized carbons (Fsp3) is 0.316. The van der Waals surface area contributed by atoms with E-state index in [4.69, 9.17) is 11.5 Å². The number of phenols is 1. The molecule has 184 valence electrons. The monoisotopic (exact) mass is 520 g/mol. The number of aromatic hydroxyl groups is 1. The van der Waals surface area contributed by atoms with E-state index in [1.807, 2.05) is 0 Å². The molecule has 35 heavy (non-hydrogen) atoms. The molecule has 1 fully saturated rings. The molecule has 0 aliphatic carbocycles. The van der Waals surface area contributed by atoms with Crippen LogP contribution in [0.15, 0.2) is 40.7 Å². The normalized spacial score (nSPS) is 20.1. The number of hydrogen-bond acceptors (Lipinski definition) is 11. The molecule has 3 heterocycles. The van der Waals surface area contributed by atoms with E-state index < -0.39 is 41.1 Å². The van der Waals surface area contributed by atoms with E-state index in [-0.39, 0.29) is 34.7 Å². The number of aromatic nitrogens is 4. The van der Waals surface area contributed by atoms with Crippen molar-refractivity contribution in [1.82, 2.24) is 30.4 Å². The van der Waals surface area contributed by atoms with Crippen LogP contribution in [0.3, 0.4) is 0 Å². The lowest BCUT2D eigenvalue weighted by molar-refractivity contribution is -0.150. The second-order valence-corrected chi connectivity index (χ2v) is 9.64. The van der Waals surface area contributed by atoms with Gasteiger partial charge in [0.15, 0.2) is 0 Å². The maximum atomic E-state index is 12.8. The molecule has 0 saturated carbocycles. The Morgan fingerprint density at radius 3 is 2.66 bits per heavy atom. The van der Waals surface area contributed by atoms with E-state index in [2.05, 4.69) is 20.8 Å². The zero-order valence-corrected chi connectivity index (χ0v) is 19.5. The highest BCUT2D eigenvalue weighted by molar-refractivity contribution is 8.01. The summed E-state index contributed by atoms with van der Waals surface area (Å²) in [6.07, 6.45) is 0. The van der Waals surface area contributed by atoms with Crippen LogP contribution in [0.1, 0.15) is 11.6 Å². The summed E-state index contributed by atoms with van der Waals surface area (Å²) >= 11 is 2.42. The van der Waals surface area contributed by atoms with Crippen LogP contribution < -0.4 is 16.8 Å². The fourth-order valence-corrected chi connectivity index (χ4v) is 5.93. The molecule has 1 aromatic heterocycles. The Labute approximate surface area is 206 Å². The van der Waals surface area contributed by atoms with Gasteiger partial charge in [-0.25, -0.2) is 9.48 Å². The van der Waals surface area contributed by atoms with Crippen LogP contribution in [0.25, 0.3) is 0 Å². The molecule has 14 nitrogen and oxygen atoms in total. The lowest BCUT2D eigenvalue weighted by Gasteiger charge is -2.49. The smallest absolute Gasteiger partial charge is 0.352 e. The van der Waals surface area contributed by atoms with Crippen molar-refractivity contribution in [3.63, 3.8) is 0 Å². The first-order valence-corrected chi connectivity index (χ1v) is 12.1. The fourth-order valence-electron chi connectivity index (χ4n) is 3.57. The highest BCUT2D eigenvalue weighted by Crippen LogP contribution is 2.41. The number of thioether (sulfide) groups is 2. The summed E-state index contributed by atoms with van der Waals surface area (Å²) in [6, 6.07) is 3.79. The molecule has 2 aliphatic rings. The number of aliphatic carboxylic acids is 1. The van der Waals surface area contributed by atoms with Crippen LogP contribution in [-0.2, 0) is 25.7 Å². The van der Waals surface area contributed by atoms with Gasteiger partial charge in [0.1, 0.15) is 35.4 Å². The molecule has 0 radical (unpaired) electrons. The van der Waals surface area contributed by atoms with Crippen LogP contribution in [0.4, 0.5) is 0 Å². The third kappa shape index (κ3) is 4.94. The van der Waals surface area contributed by atoms with Gasteiger partial charge in [0, 0.05) is 11.5 Å². The number of nitrogens with one attached hydrogen (secondary N) is 1. The molecular formula is C19H20N8O6S2. The Hall–Kier alpha value is -3.63. The second-order valence-electron chi connectivity index (χ2n) is 7.60. The molecule has 0 spiro atoms. The average molecular weight is 521 g/mol. The average Bonchev–Trinajstić information content (AvgIpc) is 3.26. The number of tetrazole rings is 1. The molecular weight excluding hydrogens is 500 g/mol. The summed E-state index contributed by atoms with van der Waals surface area (Å²) in [6.45, 7) is -0.227. The summed E-state index contributed by atoms with van der Waals surface area (Å²) in [5, 5.41) is 32.4. The largest absolute Gasteiger partial charge is 0.508 e. The van der Waals surface area contributed by atoms with Crippen molar-refractivity contribution in [2.45, 2.75) is 29.2 Å². The van der Waals surface area contributed by atoms with Crippen molar-refractivity contribution < 1.29 is 29.4 Å². The third-order valence-electron chi connectivity index (χ3n) is 5.26. The number of carbonyl (C=O) groups is 4. The SMILES string of the molecule is NC(=O)Cn1nnnc1SCC1=C(C(=O)O)N2C(=O)C(NC(=O)C(N)c3ccc(O)cc3)C2SC1. The van der Waals surface area contributed by atoms with Crippen LogP contribution >= 0.6 is 23.5 Å². The first kappa shape index (κ1) is 24.5. The van der Waals surface area contributed by atoms with Gasteiger partial charge in [0.2, 0.25) is 17.0 Å². The van der Waals surface area contributed by atoms with Crippen LogP contribution in [0.2, 0.25) is 0 Å². The molecule has 2 aromatic rings. The van der Waals surface area contributed by atoms with Gasteiger partial charge in [-0.1, -0.05) is 23.9 Å². The molecule has 3 unspecified atom stereocenters. The predicted molar refractivity (Wildman–Crippen MR) is 122 cm³/mol. The van der Waals surface area contributed by atoms with E-state index in [9.17, 15) is 29.4 Å². The first-order chi connectivity index (χ1) is 16.7. The van der Waals surface area contributed by atoms with Gasteiger partial charge in [-0.15, -0.1) is 16.9 Å². The Bertz CT molecular complexity index is 1220. The number of carbonyl (C=O) groups excluding carboxylic acids is 3. The summed E-state index contributed by atoms with van der Waals surface area (Å²) < 4.78 is 1.20.